The van der Waals surface area contributed by atoms with Gasteiger partial charge in [0.25, 0.3) is 0 Å². The summed E-state index contributed by atoms with van der Waals surface area (Å²) in [4.78, 5) is 25.9. The molecule has 8 nitrogen and oxygen atoms in total. The number of carbonyl (C=O) groups excluding carboxylic acids is 1. The molecule has 2 aromatic rings. The first-order valence-electron chi connectivity index (χ1n) is 11.4. The number of benzene rings is 1. The molecule has 1 aromatic carbocycles. The number of nitrogens with one attached hydrogen (secondary N) is 1. The van der Waals surface area contributed by atoms with Crippen molar-refractivity contribution in [2.75, 3.05) is 36.1 Å². The number of sulfone groups is 1. The van der Waals surface area contributed by atoms with Gasteiger partial charge in [0.1, 0.15) is 16.8 Å². The molecule has 178 valence electrons. The molecule has 1 amide bonds. The number of nitrogens with zero attached hydrogens (tertiary/aromatic N) is 4. The summed E-state index contributed by atoms with van der Waals surface area (Å²) in [5.41, 5.74) is 1.51. The van der Waals surface area contributed by atoms with Gasteiger partial charge in [0.15, 0.2) is 9.84 Å². The predicted molar refractivity (Wildman–Crippen MR) is 125 cm³/mol. The molecule has 4 rings (SSSR count). The Labute approximate surface area is 194 Å². The van der Waals surface area contributed by atoms with Crippen molar-refractivity contribution in [3.8, 4) is 0 Å². The number of hydrogen-bond acceptors (Lipinski definition) is 7. The van der Waals surface area contributed by atoms with Crippen LogP contribution < -0.4 is 10.2 Å². The third-order valence-corrected chi connectivity index (χ3v) is 7.56. The van der Waals surface area contributed by atoms with E-state index in [1.807, 2.05) is 17.3 Å². The number of likely N-dealkylation sites (tertiary alicyclic amines) is 1. The normalized spacial score (nSPS) is 20.2. The van der Waals surface area contributed by atoms with E-state index in [1.54, 1.807) is 0 Å². The van der Waals surface area contributed by atoms with Crippen LogP contribution in [0.3, 0.4) is 0 Å². The highest BCUT2D eigenvalue weighted by molar-refractivity contribution is 7.90. The minimum Gasteiger partial charge on any atom is -0.374 e. The molecule has 0 spiro atoms. The van der Waals surface area contributed by atoms with Crippen molar-refractivity contribution in [1.82, 2.24) is 14.9 Å². The van der Waals surface area contributed by atoms with E-state index in [1.165, 1.54) is 12.1 Å². The van der Waals surface area contributed by atoms with Crippen LogP contribution in [-0.2, 0) is 21.1 Å². The fourth-order valence-electron chi connectivity index (χ4n) is 4.56. The second kappa shape index (κ2) is 9.62. The van der Waals surface area contributed by atoms with Crippen LogP contribution in [-0.4, -0.2) is 67.2 Å². The van der Waals surface area contributed by atoms with Crippen molar-refractivity contribution in [1.29, 1.82) is 0 Å². The summed E-state index contributed by atoms with van der Waals surface area (Å²) in [6, 6.07) is 3.59. The molecule has 0 radical (unpaired) electrons. The fourth-order valence-corrected chi connectivity index (χ4v) is 5.29. The zero-order valence-electron chi connectivity index (χ0n) is 19.0. The molecular formula is C23H30FN5O3S. The highest BCUT2D eigenvalue weighted by Gasteiger charge is 2.35. The smallest absolute Gasteiger partial charge is 0.245 e. The molecule has 2 fully saturated rings. The van der Waals surface area contributed by atoms with Gasteiger partial charge in [-0.1, -0.05) is 6.92 Å². The lowest BCUT2D eigenvalue weighted by Gasteiger charge is -2.42. The quantitative estimate of drug-likeness (QED) is 0.686. The Morgan fingerprint density at radius 1 is 1.12 bits per heavy atom. The zero-order valence-corrected chi connectivity index (χ0v) is 19.8. The molecule has 2 aliphatic heterocycles. The van der Waals surface area contributed by atoms with Gasteiger partial charge < -0.3 is 15.1 Å². The number of anilines is 2. The van der Waals surface area contributed by atoms with Gasteiger partial charge in [-0.15, -0.1) is 0 Å². The van der Waals surface area contributed by atoms with Crippen molar-refractivity contribution in [2.24, 2.45) is 0 Å². The number of aromatic nitrogens is 2. The van der Waals surface area contributed by atoms with E-state index in [9.17, 15) is 17.6 Å². The lowest BCUT2D eigenvalue weighted by atomic mass is 9.97. The van der Waals surface area contributed by atoms with Crippen LogP contribution in [0.4, 0.5) is 16.0 Å². The first-order valence-corrected chi connectivity index (χ1v) is 13.3. The standard InChI is InChI=1S/C23H30FN5O3S/c1-3-16-14-25-23(26-15-16)28-11-8-18(9-12-28)29-10-4-5-20(22(29)30)27-17-6-7-21(19(24)13-17)33(2,31)32/h6-7,13-15,18,20,27H,3-5,8-12H2,1-2H3. The maximum Gasteiger partial charge on any atom is 0.245 e. The van der Waals surface area contributed by atoms with E-state index < -0.39 is 21.7 Å². The second-order valence-electron chi connectivity index (χ2n) is 8.75. The Kier molecular flexibility index (Phi) is 6.83. The molecule has 33 heavy (non-hydrogen) atoms. The monoisotopic (exact) mass is 475 g/mol. The van der Waals surface area contributed by atoms with Crippen LogP contribution in [0.25, 0.3) is 0 Å². The average Bonchev–Trinajstić information content (AvgIpc) is 2.80. The van der Waals surface area contributed by atoms with Gasteiger partial charge in [0.2, 0.25) is 11.9 Å². The van der Waals surface area contributed by atoms with Crippen LogP contribution in [0.15, 0.2) is 35.5 Å². The van der Waals surface area contributed by atoms with Gasteiger partial charge in [0.05, 0.1) is 0 Å². The molecule has 1 N–H and O–H groups in total. The molecule has 0 bridgehead atoms. The average molecular weight is 476 g/mol. The molecule has 1 atom stereocenters. The highest BCUT2D eigenvalue weighted by atomic mass is 32.2. The van der Waals surface area contributed by atoms with Gasteiger partial charge in [0, 0.05) is 50.0 Å². The Balaban J connectivity index is 1.37. The first-order chi connectivity index (χ1) is 15.8. The van der Waals surface area contributed by atoms with E-state index in [2.05, 4.69) is 27.1 Å². The third-order valence-electron chi connectivity index (χ3n) is 6.43. The first kappa shape index (κ1) is 23.4. The second-order valence-corrected chi connectivity index (χ2v) is 10.7. The van der Waals surface area contributed by atoms with Crippen LogP contribution >= 0.6 is 0 Å². The summed E-state index contributed by atoms with van der Waals surface area (Å²) < 4.78 is 37.5. The van der Waals surface area contributed by atoms with Crippen molar-refractivity contribution in [3.05, 3.63) is 42.0 Å². The van der Waals surface area contributed by atoms with Gasteiger partial charge in [-0.2, -0.15) is 0 Å². The molecule has 1 unspecified atom stereocenters. The molecule has 2 saturated heterocycles. The summed E-state index contributed by atoms with van der Waals surface area (Å²) in [5, 5.41) is 3.11. The lowest BCUT2D eigenvalue weighted by molar-refractivity contribution is -0.137. The topological polar surface area (TPSA) is 95.5 Å². The number of hydrogen-bond donors (Lipinski definition) is 1. The summed E-state index contributed by atoms with van der Waals surface area (Å²) in [6.07, 6.45) is 8.80. The number of amides is 1. The minimum absolute atomic E-state index is 0.0100. The molecular weight excluding hydrogens is 445 g/mol. The van der Waals surface area contributed by atoms with E-state index in [0.717, 1.165) is 62.6 Å². The van der Waals surface area contributed by atoms with Gasteiger partial charge in [-0.05, 0) is 55.9 Å². The molecule has 1 aromatic heterocycles. The van der Waals surface area contributed by atoms with Gasteiger partial charge >= 0.3 is 0 Å². The number of carbonyl (C=O) groups is 1. The summed E-state index contributed by atoms with van der Waals surface area (Å²) in [6.45, 7) is 4.36. The van der Waals surface area contributed by atoms with Crippen LogP contribution in [0.2, 0.25) is 0 Å². The molecule has 0 saturated carbocycles. The van der Waals surface area contributed by atoms with Crippen LogP contribution in [0.1, 0.15) is 38.2 Å². The zero-order chi connectivity index (χ0) is 23.6. The number of piperidine rings is 2. The minimum atomic E-state index is -3.64. The van der Waals surface area contributed by atoms with Crippen molar-refractivity contribution in [3.63, 3.8) is 0 Å². The maximum absolute atomic E-state index is 14.3. The summed E-state index contributed by atoms with van der Waals surface area (Å²) in [7, 11) is -3.64. The highest BCUT2D eigenvalue weighted by Crippen LogP contribution is 2.26. The molecule has 3 heterocycles. The van der Waals surface area contributed by atoms with Crippen molar-refractivity contribution >= 4 is 27.4 Å². The van der Waals surface area contributed by atoms with E-state index in [0.29, 0.717) is 18.7 Å². The Hall–Kier alpha value is -2.75. The molecule has 2 aliphatic rings. The summed E-state index contributed by atoms with van der Waals surface area (Å²) in [5.74, 6) is -0.0743. The number of rotatable bonds is 6. The molecule has 10 heteroatoms. The van der Waals surface area contributed by atoms with Crippen molar-refractivity contribution < 1.29 is 17.6 Å². The van der Waals surface area contributed by atoms with Gasteiger partial charge in [-0.25, -0.2) is 22.8 Å². The predicted octanol–water partition coefficient (Wildman–Crippen LogP) is 2.65. The fraction of sp³-hybridized carbons (Fsp3) is 0.522. The van der Waals surface area contributed by atoms with E-state index in [4.69, 9.17) is 0 Å². The SMILES string of the molecule is CCc1cnc(N2CCC(N3CCCC(Nc4ccc(S(C)(=O)=O)c(F)c4)C3=O)CC2)nc1. The third kappa shape index (κ3) is 5.26. The molecule has 0 aliphatic carbocycles. The number of aryl methyl sites for hydroxylation is 1. The van der Waals surface area contributed by atoms with Crippen molar-refractivity contribution in [2.45, 2.75) is 56.0 Å². The Bertz CT molecular complexity index is 1100. The van der Waals surface area contributed by atoms with E-state index >= 15 is 0 Å². The van der Waals surface area contributed by atoms with Gasteiger partial charge in [-0.3, -0.25) is 4.79 Å². The lowest BCUT2D eigenvalue weighted by Crippen LogP contribution is -2.54. The largest absolute Gasteiger partial charge is 0.374 e. The Morgan fingerprint density at radius 2 is 1.82 bits per heavy atom. The van der Waals surface area contributed by atoms with Crippen LogP contribution in [0, 0.1) is 5.82 Å². The number of halogens is 1. The Morgan fingerprint density at radius 3 is 2.42 bits per heavy atom. The summed E-state index contributed by atoms with van der Waals surface area (Å²) >= 11 is 0. The van der Waals surface area contributed by atoms with E-state index in [-0.39, 0.29) is 16.8 Å². The van der Waals surface area contributed by atoms with Crippen LogP contribution in [0.5, 0.6) is 0 Å². The maximum atomic E-state index is 14.3.